The largest absolute Gasteiger partial charge is 0.366 e. The van der Waals surface area contributed by atoms with Crippen molar-refractivity contribution in [2.24, 2.45) is 5.73 Å². The third-order valence-corrected chi connectivity index (χ3v) is 2.64. The smallest absolute Gasteiger partial charge is 0.241 e. The molecule has 0 atom stereocenters. The predicted molar refractivity (Wildman–Crippen MR) is 72.3 cm³/mol. The first-order chi connectivity index (χ1) is 8.22. The maximum atomic E-state index is 10.8. The van der Waals surface area contributed by atoms with E-state index in [1.807, 2.05) is 36.4 Å². The molecule has 0 saturated carbocycles. The van der Waals surface area contributed by atoms with E-state index >= 15 is 0 Å². The standard InChI is InChI=1S/C15H13NO/c1-2-11-7-8-12-5-3-4-6-13(12)14(11)9-10-15(16)17/h2-10H,1H2,(H2,16,17). The van der Waals surface area contributed by atoms with Crippen molar-refractivity contribution in [3.05, 3.63) is 60.2 Å². The first-order valence-electron chi connectivity index (χ1n) is 5.34. The average Bonchev–Trinajstić information content (AvgIpc) is 2.35. The van der Waals surface area contributed by atoms with Crippen molar-refractivity contribution in [1.82, 2.24) is 0 Å². The summed E-state index contributed by atoms with van der Waals surface area (Å²) < 4.78 is 0. The first-order valence-corrected chi connectivity index (χ1v) is 5.34. The van der Waals surface area contributed by atoms with E-state index in [2.05, 4.69) is 6.58 Å². The molecule has 0 saturated heterocycles. The van der Waals surface area contributed by atoms with Gasteiger partial charge in [0.05, 0.1) is 0 Å². The van der Waals surface area contributed by atoms with Crippen LogP contribution in [0.15, 0.2) is 49.1 Å². The van der Waals surface area contributed by atoms with Crippen molar-refractivity contribution in [3.8, 4) is 0 Å². The molecule has 2 aromatic rings. The van der Waals surface area contributed by atoms with Gasteiger partial charge < -0.3 is 5.73 Å². The Bertz CT molecular complexity index is 611. The Kier molecular flexibility index (Phi) is 3.06. The average molecular weight is 223 g/mol. The van der Waals surface area contributed by atoms with Crippen LogP contribution in [0.3, 0.4) is 0 Å². The van der Waals surface area contributed by atoms with Crippen LogP contribution in [-0.2, 0) is 4.79 Å². The summed E-state index contributed by atoms with van der Waals surface area (Å²) in [5.41, 5.74) is 7.08. The highest BCUT2D eigenvalue weighted by Crippen LogP contribution is 2.24. The SMILES string of the molecule is C=Cc1ccc2ccccc2c1C=CC(N)=O. The summed E-state index contributed by atoms with van der Waals surface area (Å²) in [7, 11) is 0. The van der Waals surface area contributed by atoms with Crippen LogP contribution >= 0.6 is 0 Å². The van der Waals surface area contributed by atoms with E-state index in [1.54, 1.807) is 12.2 Å². The lowest BCUT2D eigenvalue weighted by molar-refractivity contribution is -0.113. The molecule has 0 unspecified atom stereocenters. The van der Waals surface area contributed by atoms with Crippen molar-refractivity contribution in [2.45, 2.75) is 0 Å². The van der Waals surface area contributed by atoms with Gasteiger partial charge in [-0.3, -0.25) is 4.79 Å². The van der Waals surface area contributed by atoms with Crippen LogP contribution in [0.5, 0.6) is 0 Å². The first kappa shape index (κ1) is 11.1. The molecule has 0 aliphatic carbocycles. The molecule has 1 amide bonds. The van der Waals surface area contributed by atoms with Gasteiger partial charge in [0.1, 0.15) is 0 Å². The second-order valence-corrected chi connectivity index (χ2v) is 3.73. The van der Waals surface area contributed by atoms with E-state index < -0.39 is 5.91 Å². The highest BCUT2D eigenvalue weighted by atomic mass is 16.1. The molecule has 0 bridgehead atoms. The molecule has 0 aromatic heterocycles. The molecule has 2 nitrogen and oxygen atoms in total. The van der Waals surface area contributed by atoms with E-state index in [1.165, 1.54) is 6.08 Å². The fraction of sp³-hybridized carbons (Fsp3) is 0. The van der Waals surface area contributed by atoms with Gasteiger partial charge in [0.15, 0.2) is 0 Å². The van der Waals surface area contributed by atoms with E-state index in [0.717, 1.165) is 21.9 Å². The van der Waals surface area contributed by atoms with Gasteiger partial charge in [-0.25, -0.2) is 0 Å². The fourth-order valence-electron chi connectivity index (χ4n) is 1.84. The number of fused-ring (bicyclic) bond motifs is 1. The van der Waals surface area contributed by atoms with Gasteiger partial charge in [-0.1, -0.05) is 49.1 Å². The molecular formula is C15H13NO. The second-order valence-electron chi connectivity index (χ2n) is 3.73. The maximum Gasteiger partial charge on any atom is 0.241 e. The minimum absolute atomic E-state index is 0.451. The molecule has 0 aliphatic rings. The molecule has 0 fully saturated rings. The predicted octanol–water partition coefficient (Wildman–Crippen LogP) is 2.98. The van der Waals surface area contributed by atoms with Crippen molar-refractivity contribution < 1.29 is 4.79 Å². The fourth-order valence-corrected chi connectivity index (χ4v) is 1.84. The van der Waals surface area contributed by atoms with Gasteiger partial charge in [-0.15, -0.1) is 0 Å². The lowest BCUT2D eigenvalue weighted by Crippen LogP contribution is -2.05. The topological polar surface area (TPSA) is 43.1 Å². The minimum atomic E-state index is -0.451. The molecule has 84 valence electrons. The quantitative estimate of drug-likeness (QED) is 0.799. The molecule has 0 heterocycles. The van der Waals surface area contributed by atoms with Crippen molar-refractivity contribution in [3.63, 3.8) is 0 Å². The number of carbonyl (C=O) groups excluding carboxylic acids is 1. The van der Waals surface area contributed by atoms with Gasteiger partial charge in [0, 0.05) is 6.08 Å². The Morgan fingerprint density at radius 3 is 2.65 bits per heavy atom. The molecule has 2 N–H and O–H groups in total. The highest BCUT2D eigenvalue weighted by molar-refractivity contribution is 5.98. The number of rotatable bonds is 3. The van der Waals surface area contributed by atoms with E-state index in [4.69, 9.17) is 5.73 Å². The third-order valence-electron chi connectivity index (χ3n) is 2.64. The van der Waals surface area contributed by atoms with Crippen molar-refractivity contribution in [1.29, 1.82) is 0 Å². The Balaban J connectivity index is 2.71. The van der Waals surface area contributed by atoms with Crippen LogP contribution in [0, 0.1) is 0 Å². The summed E-state index contributed by atoms with van der Waals surface area (Å²) in [6.45, 7) is 3.78. The van der Waals surface area contributed by atoms with E-state index in [-0.39, 0.29) is 0 Å². The molecule has 0 radical (unpaired) electrons. The molecule has 17 heavy (non-hydrogen) atoms. The Hall–Kier alpha value is -2.35. The van der Waals surface area contributed by atoms with Crippen LogP contribution in [0.25, 0.3) is 22.9 Å². The summed E-state index contributed by atoms with van der Waals surface area (Å²) in [5, 5.41) is 2.21. The highest BCUT2D eigenvalue weighted by Gasteiger charge is 2.02. The molecular weight excluding hydrogens is 210 g/mol. The number of primary amides is 1. The summed E-state index contributed by atoms with van der Waals surface area (Å²) in [6.07, 6.45) is 4.88. The van der Waals surface area contributed by atoms with Crippen LogP contribution in [0.2, 0.25) is 0 Å². The number of benzene rings is 2. The molecule has 2 rings (SSSR count). The molecule has 0 aliphatic heterocycles. The Morgan fingerprint density at radius 2 is 1.94 bits per heavy atom. The maximum absolute atomic E-state index is 10.8. The molecule has 2 aromatic carbocycles. The van der Waals surface area contributed by atoms with Gasteiger partial charge in [-0.2, -0.15) is 0 Å². The van der Waals surface area contributed by atoms with Gasteiger partial charge in [0.2, 0.25) is 5.91 Å². The Morgan fingerprint density at radius 1 is 1.18 bits per heavy atom. The van der Waals surface area contributed by atoms with Crippen molar-refractivity contribution in [2.75, 3.05) is 0 Å². The van der Waals surface area contributed by atoms with Crippen molar-refractivity contribution >= 4 is 28.8 Å². The number of hydrogen-bond acceptors (Lipinski definition) is 1. The second kappa shape index (κ2) is 4.66. The van der Waals surface area contributed by atoms with Crippen LogP contribution < -0.4 is 5.73 Å². The summed E-state index contributed by atoms with van der Waals surface area (Å²) in [6, 6.07) is 12.0. The van der Waals surface area contributed by atoms with Crippen LogP contribution in [-0.4, -0.2) is 5.91 Å². The zero-order valence-electron chi connectivity index (χ0n) is 9.39. The number of carbonyl (C=O) groups is 1. The zero-order valence-corrected chi connectivity index (χ0v) is 9.39. The lowest BCUT2D eigenvalue weighted by Gasteiger charge is -2.06. The van der Waals surface area contributed by atoms with Crippen LogP contribution in [0.1, 0.15) is 11.1 Å². The summed E-state index contributed by atoms with van der Waals surface area (Å²) >= 11 is 0. The normalized spacial score (nSPS) is 10.8. The van der Waals surface area contributed by atoms with Gasteiger partial charge in [0.25, 0.3) is 0 Å². The number of amides is 1. The monoisotopic (exact) mass is 223 g/mol. The molecule has 2 heteroatoms. The lowest BCUT2D eigenvalue weighted by atomic mass is 9.98. The number of hydrogen-bond donors (Lipinski definition) is 1. The third kappa shape index (κ3) is 2.26. The summed E-state index contributed by atoms with van der Waals surface area (Å²) in [4.78, 5) is 10.8. The van der Waals surface area contributed by atoms with E-state index in [9.17, 15) is 4.79 Å². The zero-order chi connectivity index (χ0) is 12.3. The van der Waals surface area contributed by atoms with Crippen LogP contribution in [0.4, 0.5) is 0 Å². The minimum Gasteiger partial charge on any atom is -0.366 e. The van der Waals surface area contributed by atoms with Gasteiger partial charge in [-0.05, 0) is 28.0 Å². The summed E-state index contributed by atoms with van der Waals surface area (Å²) in [5.74, 6) is -0.451. The Labute approximate surface area is 100 Å². The number of nitrogens with two attached hydrogens (primary N) is 1. The van der Waals surface area contributed by atoms with Gasteiger partial charge >= 0.3 is 0 Å². The van der Waals surface area contributed by atoms with E-state index in [0.29, 0.717) is 0 Å². The molecule has 0 spiro atoms.